The van der Waals surface area contributed by atoms with E-state index in [0.29, 0.717) is 23.8 Å². The van der Waals surface area contributed by atoms with Crippen molar-refractivity contribution in [3.63, 3.8) is 0 Å². The van der Waals surface area contributed by atoms with Crippen molar-refractivity contribution in [3.8, 4) is 17.6 Å². The van der Waals surface area contributed by atoms with Crippen LogP contribution in [-0.2, 0) is 17.8 Å². The molecule has 1 aliphatic carbocycles. The number of hydrogen-bond donors (Lipinski definition) is 1. The van der Waals surface area contributed by atoms with Gasteiger partial charge >= 0.3 is 0 Å². The molecule has 0 aliphatic heterocycles. The topological polar surface area (TPSA) is 68.3 Å². The number of nitrogens with two attached hydrogens (primary N) is 1. The quantitative estimate of drug-likeness (QED) is 0.539. The first-order chi connectivity index (χ1) is 14.7. The summed E-state index contributed by atoms with van der Waals surface area (Å²) in [7, 11) is 1.64. The van der Waals surface area contributed by atoms with Crippen molar-refractivity contribution in [2.45, 2.75) is 22.7 Å². The molecule has 0 amide bonds. The molecule has 150 valence electrons. The number of thioether (sulfide) groups is 1. The summed E-state index contributed by atoms with van der Waals surface area (Å²) in [5.41, 5.74) is 10.3. The second kappa shape index (κ2) is 8.56. The zero-order valence-electron chi connectivity index (χ0n) is 16.7. The van der Waals surface area contributed by atoms with E-state index >= 15 is 0 Å². The summed E-state index contributed by atoms with van der Waals surface area (Å²) in [6, 6.07) is 26.2. The van der Waals surface area contributed by atoms with E-state index in [0.717, 1.165) is 28.0 Å². The van der Waals surface area contributed by atoms with Gasteiger partial charge in [-0.1, -0.05) is 48.5 Å². The van der Waals surface area contributed by atoms with E-state index in [4.69, 9.17) is 15.2 Å². The number of rotatable bonds is 7. The van der Waals surface area contributed by atoms with E-state index in [1.807, 2.05) is 60.7 Å². The minimum atomic E-state index is -0.496. The van der Waals surface area contributed by atoms with Gasteiger partial charge in [-0.05, 0) is 47.4 Å². The van der Waals surface area contributed by atoms with Gasteiger partial charge < -0.3 is 15.2 Å². The zero-order valence-corrected chi connectivity index (χ0v) is 17.5. The first kappa shape index (κ1) is 19.9. The third-order valence-electron chi connectivity index (χ3n) is 5.22. The lowest BCUT2D eigenvalue weighted by atomic mass is 9.74. The Morgan fingerprint density at radius 1 is 1.10 bits per heavy atom. The Hall–Kier alpha value is -3.36. The van der Waals surface area contributed by atoms with Crippen LogP contribution in [0.2, 0.25) is 0 Å². The fraction of sp³-hybridized carbons (Fsp3) is 0.160. The zero-order chi connectivity index (χ0) is 21.0. The lowest BCUT2D eigenvalue weighted by Gasteiger charge is -2.44. The Labute approximate surface area is 180 Å². The average molecular weight is 415 g/mol. The van der Waals surface area contributed by atoms with Crippen molar-refractivity contribution in [3.05, 3.63) is 101 Å². The summed E-state index contributed by atoms with van der Waals surface area (Å²) >= 11 is 1.66. The Balaban J connectivity index is 1.70. The van der Waals surface area contributed by atoms with Crippen molar-refractivity contribution in [1.29, 1.82) is 5.26 Å². The van der Waals surface area contributed by atoms with E-state index in [9.17, 15) is 5.26 Å². The Morgan fingerprint density at radius 2 is 1.80 bits per heavy atom. The highest BCUT2D eigenvalue weighted by atomic mass is 32.2. The van der Waals surface area contributed by atoms with Crippen LogP contribution in [-0.4, -0.2) is 7.11 Å². The van der Waals surface area contributed by atoms with Gasteiger partial charge in [0.2, 0.25) is 0 Å². The SMILES string of the molecule is COc1cc2c(cc1OCc1ccccc1)C(Sc1ccccc1)(/C(N)=C\C#N)C2. The fourth-order valence-corrected chi connectivity index (χ4v) is 5.07. The number of fused-ring (bicyclic) bond motifs is 1. The van der Waals surface area contributed by atoms with Gasteiger partial charge in [-0.15, -0.1) is 11.8 Å². The van der Waals surface area contributed by atoms with Crippen LogP contribution in [0.25, 0.3) is 0 Å². The molecule has 2 N–H and O–H groups in total. The summed E-state index contributed by atoms with van der Waals surface area (Å²) in [5, 5.41) is 9.22. The van der Waals surface area contributed by atoms with Gasteiger partial charge in [-0.3, -0.25) is 0 Å². The van der Waals surface area contributed by atoms with Crippen LogP contribution in [0.4, 0.5) is 0 Å². The largest absolute Gasteiger partial charge is 0.493 e. The van der Waals surface area contributed by atoms with Crippen molar-refractivity contribution in [2.24, 2.45) is 5.73 Å². The third-order valence-corrected chi connectivity index (χ3v) is 6.68. The maximum absolute atomic E-state index is 9.22. The van der Waals surface area contributed by atoms with Gasteiger partial charge in [-0.2, -0.15) is 5.26 Å². The number of allylic oxidation sites excluding steroid dienone is 1. The van der Waals surface area contributed by atoms with Crippen molar-refractivity contribution in [2.75, 3.05) is 7.11 Å². The first-order valence-electron chi connectivity index (χ1n) is 9.64. The lowest BCUT2D eigenvalue weighted by Crippen LogP contribution is -2.40. The summed E-state index contributed by atoms with van der Waals surface area (Å²) in [6.07, 6.45) is 2.16. The van der Waals surface area contributed by atoms with Gasteiger partial charge in [0.05, 0.1) is 17.9 Å². The second-order valence-corrected chi connectivity index (χ2v) is 8.45. The number of ether oxygens (including phenoxy) is 2. The molecule has 0 heterocycles. The van der Waals surface area contributed by atoms with Crippen LogP contribution in [0.15, 0.2) is 89.5 Å². The summed E-state index contributed by atoms with van der Waals surface area (Å²) in [6.45, 7) is 0.443. The molecule has 0 spiro atoms. The third kappa shape index (κ3) is 3.74. The predicted molar refractivity (Wildman–Crippen MR) is 119 cm³/mol. The van der Waals surface area contributed by atoms with E-state index in [1.54, 1.807) is 18.9 Å². The van der Waals surface area contributed by atoms with Crippen LogP contribution in [0.3, 0.4) is 0 Å². The van der Waals surface area contributed by atoms with E-state index in [2.05, 4.69) is 18.2 Å². The van der Waals surface area contributed by atoms with Gasteiger partial charge in [0.15, 0.2) is 11.5 Å². The average Bonchev–Trinajstić information content (AvgIpc) is 2.77. The van der Waals surface area contributed by atoms with Crippen LogP contribution < -0.4 is 15.2 Å². The van der Waals surface area contributed by atoms with Crippen LogP contribution >= 0.6 is 11.8 Å². The minimum Gasteiger partial charge on any atom is -0.493 e. The minimum absolute atomic E-state index is 0.443. The number of nitriles is 1. The van der Waals surface area contributed by atoms with Crippen molar-refractivity contribution in [1.82, 2.24) is 0 Å². The fourth-order valence-electron chi connectivity index (χ4n) is 3.67. The monoisotopic (exact) mass is 414 g/mol. The standard InChI is InChI=1S/C25H22N2O2S/c1-28-22-14-19-16-25(24(27)12-13-26,30-20-10-6-3-7-11-20)21(19)15-23(22)29-17-18-8-4-2-5-9-18/h2-12,14-15H,16-17,27H2,1H3/b24-12+. The van der Waals surface area contributed by atoms with Crippen LogP contribution in [0.1, 0.15) is 16.7 Å². The molecule has 0 radical (unpaired) electrons. The molecule has 0 saturated carbocycles. The highest BCUT2D eigenvalue weighted by Gasteiger charge is 2.47. The molecular weight excluding hydrogens is 392 g/mol. The highest BCUT2D eigenvalue weighted by Crippen LogP contribution is 2.57. The normalized spacial score (nSPS) is 17.4. The Kier molecular flexibility index (Phi) is 5.69. The van der Waals surface area contributed by atoms with Gasteiger partial charge in [-0.25, -0.2) is 0 Å². The number of nitrogens with zero attached hydrogens (tertiary/aromatic N) is 1. The number of benzene rings is 3. The molecule has 4 nitrogen and oxygen atoms in total. The molecule has 3 aromatic rings. The van der Waals surface area contributed by atoms with Crippen LogP contribution in [0.5, 0.6) is 11.5 Å². The van der Waals surface area contributed by atoms with Gasteiger partial charge in [0.25, 0.3) is 0 Å². The molecule has 3 aromatic carbocycles. The summed E-state index contributed by atoms with van der Waals surface area (Å²) in [5.74, 6) is 1.37. The lowest BCUT2D eigenvalue weighted by molar-refractivity contribution is 0.283. The van der Waals surface area contributed by atoms with Gasteiger partial charge in [0, 0.05) is 16.7 Å². The van der Waals surface area contributed by atoms with Crippen molar-refractivity contribution >= 4 is 11.8 Å². The molecule has 1 unspecified atom stereocenters. The highest BCUT2D eigenvalue weighted by molar-refractivity contribution is 8.00. The number of methoxy groups -OCH3 is 1. The Bertz CT molecular complexity index is 1110. The summed E-state index contributed by atoms with van der Waals surface area (Å²) in [4.78, 5) is 1.10. The molecular formula is C25H22N2O2S. The molecule has 1 aliphatic rings. The van der Waals surface area contributed by atoms with Crippen molar-refractivity contribution < 1.29 is 9.47 Å². The molecule has 1 atom stereocenters. The maximum Gasteiger partial charge on any atom is 0.162 e. The Morgan fingerprint density at radius 3 is 2.47 bits per heavy atom. The van der Waals surface area contributed by atoms with E-state index in [1.165, 1.54) is 6.08 Å². The molecule has 0 aromatic heterocycles. The molecule has 0 bridgehead atoms. The molecule has 30 heavy (non-hydrogen) atoms. The predicted octanol–water partition coefficient (Wildman–Crippen LogP) is 5.18. The first-order valence-corrected chi connectivity index (χ1v) is 10.5. The van der Waals surface area contributed by atoms with E-state index in [-0.39, 0.29) is 0 Å². The van der Waals surface area contributed by atoms with Crippen LogP contribution in [0, 0.1) is 11.3 Å². The van der Waals surface area contributed by atoms with Gasteiger partial charge in [0.1, 0.15) is 6.61 Å². The molecule has 4 rings (SSSR count). The maximum atomic E-state index is 9.22. The smallest absolute Gasteiger partial charge is 0.162 e. The molecule has 5 heteroatoms. The molecule has 0 saturated heterocycles. The summed E-state index contributed by atoms with van der Waals surface area (Å²) < 4.78 is 11.2. The number of hydrogen-bond acceptors (Lipinski definition) is 5. The molecule has 0 fully saturated rings. The van der Waals surface area contributed by atoms with E-state index < -0.39 is 4.75 Å². The second-order valence-electron chi connectivity index (χ2n) is 7.08.